The highest BCUT2D eigenvalue weighted by Crippen LogP contribution is 2.11. The van der Waals surface area contributed by atoms with E-state index in [0.29, 0.717) is 25.1 Å². The molecule has 6 heteroatoms. The van der Waals surface area contributed by atoms with Crippen LogP contribution in [-0.2, 0) is 4.79 Å². The Morgan fingerprint density at radius 2 is 2.11 bits per heavy atom. The van der Waals surface area contributed by atoms with Crippen molar-refractivity contribution < 1.29 is 19.0 Å². The van der Waals surface area contributed by atoms with Crippen molar-refractivity contribution in [3.8, 4) is 5.75 Å². The molecule has 0 bridgehead atoms. The van der Waals surface area contributed by atoms with E-state index >= 15 is 0 Å². The van der Waals surface area contributed by atoms with Crippen LogP contribution in [-0.4, -0.2) is 36.8 Å². The number of benzene rings is 1. The fourth-order valence-electron chi connectivity index (χ4n) is 1.36. The molecule has 0 aromatic heterocycles. The van der Waals surface area contributed by atoms with Gasteiger partial charge in [0.1, 0.15) is 24.3 Å². The molecule has 0 saturated carbocycles. The van der Waals surface area contributed by atoms with Gasteiger partial charge < -0.3 is 20.9 Å². The van der Waals surface area contributed by atoms with E-state index in [1.54, 1.807) is 0 Å². The average Bonchev–Trinajstić information content (AvgIpc) is 2.42. The van der Waals surface area contributed by atoms with Gasteiger partial charge in [0.25, 0.3) is 0 Å². The number of nitrogens with two attached hydrogens (primary N) is 1. The first kappa shape index (κ1) is 15.4. The molecule has 1 aromatic rings. The third-order valence-corrected chi connectivity index (χ3v) is 2.40. The second kappa shape index (κ2) is 8.44. The molecule has 1 rings (SSSR count). The van der Waals surface area contributed by atoms with Gasteiger partial charge in [0.15, 0.2) is 0 Å². The zero-order chi connectivity index (χ0) is 14.1. The zero-order valence-electron chi connectivity index (χ0n) is 10.6. The van der Waals surface area contributed by atoms with E-state index in [1.807, 2.05) is 0 Å². The minimum atomic E-state index is -0.813. The Labute approximate surface area is 111 Å². The van der Waals surface area contributed by atoms with E-state index in [0.717, 1.165) is 0 Å². The van der Waals surface area contributed by atoms with E-state index in [9.17, 15) is 14.3 Å². The van der Waals surface area contributed by atoms with Gasteiger partial charge in [0, 0.05) is 13.0 Å². The van der Waals surface area contributed by atoms with E-state index in [4.69, 9.17) is 10.5 Å². The minimum absolute atomic E-state index is 0.0306. The van der Waals surface area contributed by atoms with E-state index in [2.05, 4.69) is 5.32 Å². The minimum Gasteiger partial charge on any atom is -0.491 e. The molecule has 106 valence electrons. The average molecular weight is 270 g/mol. The predicted molar refractivity (Wildman–Crippen MR) is 69.2 cm³/mol. The monoisotopic (exact) mass is 270 g/mol. The summed E-state index contributed by atoms with van der Waals surface area (Å²) in [5.41, 5.74) is 5.28. The lowest BCUT2D eigenvalue weighted by Crippen LogP contribution is -2.35. The van der Waals surface area contributed by atoms with Gasteiger partial charge in [0.2, 0.25) is 5.91 Å². The first-order valence-corrected chi connectivity index (χ1v) is 6.15. The Hall–Kier alpha value is -1.66. The molecule has 0 radical (unpaired) electrons. The van der Waals surface area contributed by atoms with E-state index in [1.165, 1.54) is 24.3 Å². The van der Waals surface area contributed by atoms with Crippen LogP contribution in [0.1, 0.15) is 12.8 Å². The summed E-state index contributed by atoms with van der Waals surface area (Å²) in [6.07, 6.45) is 0.155. The summed E-state index contributed by atoms with van der Waals surface area (Å²) in [5.74, 6) is -0.0266. The van der Waals surface area contributed by atoms with Crippen molar-refractivity contribution in [2.75, 3.05) is 19.7 Å². The number of hydrogen-bond acceptors (Lipinski definition) is 4. The maximum absolute atomic E-state index is 12.6. The third kappa shape index (κ3) is 6.73. The Balaban J connectivity index is 2.19. The molecule has 0 saturated heterocycles. The maximum atomic E-state index is 12.6. The summed E-state index contributed by atoms with van der Waals surface area (Å²) in [6, 6.07) is 5.50. The number of carbonyl (C=O) groups excluding carboxylic acids is 1. The Bertz CT molecular complexity index is 384. The lowest BCUT2D eigenvalue weighted by atomic mass is 10.3. The lowest BCUT2D eigenvalue weighted by molar-refractivity contribution is -0.121. The molecule has 4 N–H and O–H groups in total. The molecule has 0 aliphatic carbocycles. The summed E-state index contributed by atoms with van der Waals surface area (Å²) >= 11 is 0. The number of aliphatic hydroxyl groups is 1. The van der Waals surface area contributed by atoms with Crippen molar-refractivity contribution >= 4 is 5.91 Å². The van der Waals surface area contributed by atoms with Crippen LogP contribution in [0.5, 0.6) is 5.75 Å². The van der Waals surface area contributed by atoms with Gasteiger partial charge in [-0.25, -0.2) is 4.39 Å². The molecule has 0 spiro atoms. The Kier molecular flexibility index (Phi) is 6.84. The number of carbonyl (C=O) groups is 1. The normalized spacial score (nSPS) is 11.9. The molecule has 5 nitrogen and oxygen atoms in total. The van der Waals surface area contributed by atoms with Gasteiger partial charge in [-0.05, 0) is 37.2 Å². The number of rotatable bonds is 8. The second-order valence-corrected chi connectivity index (χ2v) is 4.12. The van der Waals surface area contributed by atoms with Crippen LogP contribution < -0.4 is 15.8 Å². The standard InChI is InChI=1S/C13H19FN2O3/c14-10-3-5-12(6-4-10)19-9-11(17)8-16-13(18)2-1-7-15/h3-6,11,17H,1-2,7-9,15H2,(H,16,18). The van der Waals surface area contributed by atoms with Crippen LogP contribution >= 0.6 is 0 Å². The van der Waals surface area contributed by atoms with Gasteiger partial charge in [-0.15, -0.1) is 0 Å². The lowest BCUT2D eigenvalue weighted by Gasteiger charge is -2.13. The first-order valence-electron chi connectivity index (χ1n) is 6.15. The molecule has 19 heavy (non-hydrogen) atoms. The summed E-state index contributed by atoms with van der Waals surface area (Å²) in [7, 11) is 0. The van der Waals surface area contributed by atoms with E-state index in [-0.39, 0.29) is 24.9 Å². The van der Waals surface area contributed by atoms with Gasteiger partial charge >= 0.3 is 0 Å². The van der Waals surface area contributed by atoms with Crippen molar-refractivity contribution in [3.05, 3.63) is 30.1 Å². The molecule has 0 aliphatic rings. The summed E-state index contributed by atoms with van der Waals surface area (Å²) in [5, 5.41) is 12.2. The van der Waals surface area contributed by atoms with Crippen molar-refractivity contribution in [1.82, 2.24) is 5.32 Å². The molecule has 1 atom stereocenters. The quantitative estimate of drug-likeness (QED) is 0.639. The van der Waals surface area contributed by atoms with Gasteiger partial charge in [0.05, 0.1) is 0 Å². The molecule has 1 unspecified atom stereocenters. The largest absolute Gasteiger partial charge is 0.491 e. The highest BCUT2D eigenvalue weighted by molar-refractivity contribution is 5.75. The van der Waals surface area contributed by atoms with Gasteiger partial charge in [-0.3, -0.25) is 4.79 Å². The van der Waals surface area contributed by atoms with Crippen molar-refractivity contribution in [3.63, 3.8) is 0 Å². The number of hydrogen-bond donors (Lipinski definition) is 3. The molecule has 0 aliphatic heterocycles. The van der Waals surface area contributed by atoms with Crippen LogP contribution in [0.15, 0.2) is 24.3 Å². The second-order valence-electron chi connectivity index (χ2n) is 4.12. The van der Waals surface area contributed by atoms with Crippen LogP contribution in [0.2, 0.25) is 0 Å². The van der Waals surface area contributed by atoms with Gasteiger partial charge in [-0.2, -0.15) is 0 Å². The summed E-state index contributed by atoms with van der Waals surface area (Å²) in [6.45, 7) is 0.608. The number of halogens is 1. The summed E-state index contributed by atoms with van der Waals surface area (Å²) < 4.78 is 17.9. The topological polar surface area (TPSA) is 84.6 Å². The van der Waals surface area contributed by atoms with Crippen LogP contribution in [0.4, 0.5) is 4.39 Å². The van der Waals surface area contributed by atoms with Gasteiger partial charge in [-0.1, -0.05) is 0 Å². The molecular weight excluding hydrogens is 251 g/mol. The fraction of sp³-hybridized carbons (Fsp3) is 0.462. The highest BCUT2D eigenvalue weighted by Gasteiger charge is 2.07. The fourth-order valence-corrected chi connectivity index (χ4v) is 1.36. The number of ether oxygens (including phenoxy) is 1. The maximum Gasteiger partial charge on any atom is 0.220 e. The highest BCUT2D eigenvalue weighted by atomic mass is 19.1. The SMILES string of the molecule is NCCCC(=O)NCC(O)COc1ccc(F)cc1. The first-order chi connectivity index (χ1) is 9.11. The molecule has 0 heterocycles. The number of amides is 1. The third-order valence-electron chi connectivity index (χ3n) is 2.40. The van der Waals surface area contributed by atoms with Crippen LogP contribution in [0.25, 0.3) is 0 Å². The van der Waals surface area contributed by atoms with E-state index < -0.39 is 6.10 Å². The predicted octanol–water partition coefficient (Wildman–Crippen LogP) is 0.420. The zero-order valence-corrected chi connectivity index (χ0v) is 10.6. The molecule has 0 fully saturated rings. The summed E-state index contributed by atoms with van der Waals surface area (Å²) in [4.78, 5) is 11.3. The van der Waals surface area contributed by atoms with Crippen molar-refractivity contribution in [2.45, 2.75) is 18.9 Å². The Morgan fingerprint density at radius 3 is 2.74 bits per heavy atom. The Morgan fingerprint density at radius 1 is 1.42 bits per heavy atom. The number of aliphatic hydroxyl groups excluding tert-OH is 1. The molecular formula is C13H19FN2O3. The van der Waals surface area contributed by atoms with Crippen molar-refractivity contribution in [2.24, 2.45) is 5.73 Å². The van der Waals surface area contributed by atoms with Crippen LogP contribution in [0.3, 0.4) is 0 Å². The smallest absolute Gasteiger partial charge is 0.220 e. The van der Waals surface area contributed by atoms with Crippen LogP contribution in [0, 0.1) is 5.82 Å². The number of nitrogens with one attached hydrogen (secondary N) is 1. The molecule has 1 amide bonds. The molecule has 1 aromatic carbocycles. The van der Waals surface area contributed by atoms with Crippen molar-refractivity contribution in [1.29, 1.82) is 0 Å².